The van der Waals surface area contributed by atoms with Crippen molar-refractivity contribution in [1.82, 2.24) is 20.0 Å². The van der Waals surface area contributed by atoms with Crippen molar-refractivity contribution in [1.29, 1.82) is 0 Å². The van der Waals surface area contributed by atoms with Gasteiger partial charge in [0.1, 0.15) is 12.2 Å². The van der Waals surface area contributed by atoms with Crippen molar-refractivity contribution < 1.29 is 9.59 Å². The fraction of sp³-hybridized carbons (Fsp3) is 0.500. The van der Waals surface area contributed by atoms with Gasteiger partial charge in [0.15, 0.2) is 6.29 Å². The number of nitrogens with zero attached hydrogens (tertiary/aromatic N) is 4. The van der Waals surface area contributed by atoms with E-state index in [-0.39, 0.29) is 24.4 Å². The molecule has 0 aromatic heterocycles. The zero-order valence-electron chi connectivity index (χ0n) is 9.57. The molecule has 3 aliphatic rings. The quantitative estimate of drug-likeness (QED) is 0.584. The fourth-order valence-electron chi connectivity index (χ4n) is 2.44. The normalized spacial score (nSPS) is 35.4. The van der Waals surface area contributed by atoms with E-state index in [1.807, 2.05) is 11.1 Å². The lowest BCUT2D eigenvalue weighted by Crippen LogP contribution is -2.64. The highest BCUT2D eigenvalue weighted by molar-refractivity contribution is 6.00. The van der Waals surface area contributed by atoms with Crippen LogP contribution in [0.5, 0.6) is 0 Å². The third-order valence-corrected chi connectivity index (χ3v) is 3.38. The Bertz CT molecular complexity index is 446. The Kier molecular flexibility index (Phi) is 1.99. The van der Waals surface area contributed by atoms with Gasteiger partial charge in [-0.25, -0.2) is 4.79 Å². The zero-order valence-corrected chi connectivity index (χ0v) is 9.57. The van der Waals surface area contributed by atoms with Crippen molar-refractivity contribution >= 4 is 18.2 Å². The van der Waals surface area contributed by atoms with Crippen LogP contribution in [0.1, 0.15) is 0 Å². The molecule has 3 heterocycles. The van der Waals surface area contributed by atoms with Gasteiger partial charge in [-0.15, -0.1) is 0 Å². The minimum absolute atomic E-state index is 0.199. The predicted molar refractivity (Wildman–Crippen MR) is 59.9 cm³/mol. The van der Waals surface area contributed by atoms with E-state index in [0.717, 1.165) is 4.90 Å². The maximum Gasteiger partial charge on any atom is 0.327 e. The summed E-state index contributed by atoms with van der Waals surface area (Å²) in [5, 5.41) is 3.16. The Morgan fingerprint density at radius 2 is 2.12 bits per heavy atom. The molecule has 1 N–H and O–H groups in total. The van der Waals surface area contributed by atoms with E-state index in [0.29, 0.717) is 0 Å². The molecule has 2 saturated heterocycles. The van der Waals surface area contributed by atoms with E-state index >= 15 is 0 Å². The zero-order chi connectivity index (χ0) is 12.2. The summed E-state index contributed by atoms with van der Waals surface area (Å²) in [6.45, 7) is 0. The Hall–Kier alpha value is -1.89. The van der Waals surface area contributed by atoms with Crippen molar-refractivity contribution in [2.24, 2.45) is 4.99 Å². The molecule has 3 unspecified atom stereocenters. The lowest BCUT2D eigenvalue weighted by Gasteiger charge is -2.39. The molecular formula is C10H13N5O2. The van der Waals surface area contributed by atoms with Gasteiger partial charge in [-0.3, -0.25) is 20.0 Å². The third kappa shape index (κ3) is 1.22. The molecule has 0 radical (unpaired) electrons. The van der Waals surface area contributed by atoms with E-state index in [1.165, 1.54) is 11.9 Å². The first-order valence-corrected chi connectivity index (χ1v) is 5.39. The topological polar surface area (TPSA) is 68.2 Å². The number of carbonyl (C=O) groups excluding carboxylic acids is 2. The minimum Gasteiger partial charge on any atom is -0.328 e. The first kappa shape index (κ1) is 10.3. The number of rotatable bonds is 0. The molecule has 2 fully saturated rings. The van der Waals surface area contributed by atoms with Crippen molar-refractivity contribution in [3.63, 3.8) is 0 Å². The van der Waals surface area contributed by atoms with Gasteiger partial charge in [-0.2, -0.15) is 0 Å². The van der Waals surface area contributed by atoms with Crippen LogP contribution < -0.4 is 5.32 Å². The van der Waals surface area contributed by atoms with Crippen molar-refractivity contribution in [2.75, 3.05) is 14.1 Å². The number of hydrogen-bond donors (Lipinski definition) is 1. The smallest absolute Gasteiger partial charge is 0.327 e. The van der Waals surface area contributed by atoms with Crippen molar-refractivity contribution in [3.8, 4) is 0 Å². The number of aliphatic imine (C=N–C) groups is 1. The summed E-state index contributed by atoms with van der Waals surface area (Å²) in [7, 11) is 3.18. The lowest BCUT2D eigenvalue weighted by molar-refractivity contribution is -0.135. The maximum absolute atomic E-state index is 12.1. The number of fused-ring (bicyclic) bond motifs is 3. The Labute approximate surface area is 98.4 Å². The number of urea groups is 1. The Morgan fingerprint density at radius 3 is 2.88 bits per heavy atom. The third-order valence-electron chi connectivity index (χ3n) is 3.38. The summed E-state index contributed by atoms with van der Waals surface area (Å²) in [6, 6.07) is -0.696. The van der Waals surface area contributed by atoms with Crippen LogP contribution in [0.15, 0.2) is 17.3 Å². The van der Waals surface area contributed by atoms with Gasteiger partial charge in [0, 0.05) is 26.5 Å². The molecule has 0 bridgehead atoms. The summed E-state index contributed by atoms with van der Waals surface area (Å²) in [5.41, 5.74) is 0. The predicted octanol–water partition coefficient (Wildman–Crippen LogP) is -1.01. The molecule has 0 aliphatic carbocycles. The van der Waals surface area contributed by atoms with Crippen LogP contribution in [0.4, 0.5) is 4.79 Å². The van der Waals surface area contributed by atoms with Crippen LogP contribution >= 0.6 is 0 Å². The maximum atomic E-state index is 12.1. The van der Waals surface area contributed by atoms with Gasteiger partial charge in [-0.1, -0.05) is 0 Å². The molecule has 0 aromatic rings. The highest BCUT2D eigenvalue weighted by atomic mass is 16.2. The second-order valence-electron chi connectivity index (χ2n) is 4.31. The van der Waals surface area contributed by atoms with Gasteiger partial charge >= 0.3 is 6.03 Å². The van der Waals surface area contributed by atoms with Crippen LogP contribution in [-0.4, -0.2) is 65.4 Å². The molecule has 7 heteroatoms. The van der Waals surface area contributed by atoms with Gasteiger partial charge in [0.2, 0.25) is 0 Å². The van der Waals surface area contributed by atoms with E-state index < -0.39 is 6.04 Å². The van der Waals surface area contributed by atoms with E-state index in [2.05, 4.69) is 10.3 Å². The average Bonchev–Trinajstić information content (AvgIpc) is 2.73. The molecule has 0 aromatic carbocycles. The van der Waals surface area contributed by atoms with Crippen LogP contribution in [0.2, 0.25) is 0 Å². The molecule has 3 amide bonds. The molecule has 0 saturated carbocycles. The average molecular weight is 235 g/mol. The molecule has 3 rings (SSSR count). The standard InChI is InChI=1S/C10H13N5O2/c1-13-7-6(8(16)14(2)10(13)17)15-5-3-4-11-9(15)12-7/h3-7,9,12H,1-2H3. The molecule has 90 valence electrons. The van der Waals surface area contributed by atoms with E-state index in [4.69, 9.17) is 0 Å². The molecule has 17 heavy (non-hydrogen) atoms. The summed E-state index contributed by atoms with van der Waals surface area (Å²) in [6.07, 6.45) is 4.70. The summed E-state index contributed by atoms with van der Waals surface area (Å²) < 4.78 is 0. The number of hydrogen-bond acceptors (Lipinski definition) is 5. The number of nitrogens with one attached hydrogen (secondary N) is 1. The number of likely N-dealkylation sites (N-methyl/N-ethyl adjacent to an activating group) is 2. The van der Waals surface area contributed by atoms with E-state index in [1.54, 1.807) is 19.3 Å². The van der Waals surface area contributed by atoms with Crippen LogP contribution in [0, 0.1) is 0 Å². The SMILES string of the molecule is CN1C(=O)C2C(NC3N=CC=CN32)N(C)C1=O. The second-order valence-corrected chi connectivity index (χ2v) is 4.31. The highest BCUT2D eigenvalue weighted by Gasteiger charge is 2.52. The van der Waals surface area contributed by atoms with Crippen LogP contribution in [-0.2, 0) is 4.79 Å². The highest BCUT2D eigenvalue weighted by Crippen LogP contribution is 2.27. The first-order chi connectivity index (χ1) is 8.11. The monoisotopic (exact) mass is 235 g/mol. The Morgan fingerprint density at radius 1 is 1.35 bits per heavy atom. The summed E-state index contributed by atoms with van der Waals surface area (Å²) in [4.78, 5) is 32.7. The van der Waals surface area contributed by atoms with Gasteiger partial charge in [0.05, 0.1) is 0 Å². The van der Waals surface area contributed by atoms with Gasteiger partial charge in [-0.05, 0) is 6.08 Å². The van der Waals surface area contributed by atoms with Crippen molar-refractivity contribution in [2.45, 2.75) is 18.5 Å². The number of imide groups is 1. The Balaban J connectivity index is 1.99. The molecular weight excluding hydrogens is 222 g/mol. The number of carbonyl (C=O) groups is 2. The van der Waals surface area contributed by atoms with Crippen LogP contribution in [0.3, 0.4) is 0 Å². The largest absolute Gasteiger partial charge is 0.328 e. The number of amides is 3. The molecule has 3 aliphatic heterocycles. The molecule has 7 nitrogen and oxygen atoms in total. The minimum atomic E-state index is -0.401. The van der Waals surface area contributed by atoms with E-state index in [9.17, 15) is 9.59 Å². The number of allylic oxidation sites excluding steroid dienone is 1. The van der Waals surface area contributed by atoms with Crippen molar-refractivity contribution in [3.05, 3.63) is 12.3 Å². The fourth-order valence-corrected chi connectivity index (χ4v) is 2.44. The molecule has 0 spiro atoms. The van der Waals surface area contributed by atoms with Gasteiger partial charge < -0.3 is 9.80 Å². The van der Waals surface area contributed by atoms with Gasteiger partial charge in [0.25, 0.3) is 5.91 Å². The second kappa shape index (κ2) is 3.30. The van der Waals surface area contributed by atoms with Crippen LogP contribution in [0.25, 0.3) is 0 Å². The molecule has 3 atom stereocenters. The first-order valence-electron chi connectivity index (χ1n) is 5.39. The summed E-state index contributed by atoms with van der Waals surface area (Å²) >= 11 is 0. The lowest BCUT2D eigenvalue weighted by atomic mass is 10.1. The summed E-state index contributed by atoms with van der Waals surface area (Å²) in [5.74, 6) is -0.199.